The fourth-order valence-corrected chi connectivity index (χ4v) is 7.32. The van der Waals surface area contributed by atoms with Gasteiger partial charge >= 0.3 is 0 Å². The second kappa shape index (κ2) is 11.7. The number of carbonyl (C=O) groups is 2. The first kappa shape index (κ1) is 26.5. The van der Waals surface area contributed by atoms with Crippen LogP contribution in [0.25, 0.3) is 0 Å². The zero-order valence-electron chi connectivity index (χ0n) is 23.2. The predicted octanol–water partition coefficient (Wildman–Crippen LogP) is 5.16. The monoisotopic (exact) mass is 505 g/mol. The van der Waals surface area contributed by atoms with Gasteiger partial charge in [-0.25, -0.2) is 0 Å². The third-order valence-corrected chi connectivity index (χ3v) is 10.2. The lowest BCUT2D eigenvalue weighted by Gasteiger charge is -2.57. The van der Waals surface area contributed by atoms with E-state index in [2.05, 4.69) is 46.8 Å². The molecule has 6 rings (SSSR count). The molecule has 37 heavy (non-hydrogen) atoms. The Bertz CT molecular complexity index is 958. The first-order valence-corrected chi connectivity index (χ1v) is 14.9. The Morgan fingerprint density at radius 3 is 2.43 bits per heavy atom. The second-order valence-corrected chi connectivity index (χ2v) is 12.7. The SMILES string of the molecule is CC1(C)C2CC=C(CN(CCN3CCN(C(=O)CCC4CCCC4)CC3)C(=O)Cc3ccccc3)C1C2. The van der Waals surface area contributed by atoms with Crippen molar-refractivity contribution in [3.63, 3.8) is 0 Å². The highest BCUT2D eigenvalue weighted by atomic mass is 16.2. The van der Waals surface area contributed by atoms with Gasteiger partial charge in [0.25, 0.3) is 0 Å². The van der Waals surface area contributed by atoms with Crippen molar-refractivity contribution < 1.29 is 9.59 Å². The lowest BCUT2D eigenvalue weighted by atomic mass is 9.49. The van der Waals surface area contributed by atoms with Crippen molar-refractivity contribution in [2.45, 2.75) is 71.6 Å². The predicted molar refractivity (Wildman–Crippen MR) is 149 cm³/mol. The summed E-state index contributed by atoms with van der Waals surface area (Å²) in [5.74, 6) is 2.79. The molecule has 2 unspecified atom stereocenters. The summed E-state index contributed by atoms with van der Waals surface area (Å²) in [4.78, 5) is 32.9. The van der Waals surface area contributed by atoms with Gasteiger partial charge in [-0.3, -0.25) is 14.5 Å². The van der Waals surface area contributed by atoms with Crippen molar-refractivity contribution in [1.82, 2.24) is 14.7 Å². The molecule has 1 heterocycles. The van der Waals surface area contributed by atoms with E-state index in [1.807, 2.05) is 18.2 Å². The number of rotatable bonds is 10. The van der Waals surface area contributed by atoms with Crippen molar-refractivity contribution >= 4 is 11.8 Å². The van der Waals surface area contributed by atoms with Crippen molar-refractivity contribution in [2.24, 2.45) is 23.2 Å². The number of hydrogen-bond donors (Lipinski definition) is 0. The minimum atomic E-state index is 0.229. The van der Waals surface area contributed by atoms with E-state index >= 15 is 0 Å². The highest BCUT2D eigenvalue weighted by molar-refractivity contribution is 5.79. The number of amides is 2. The van der Waals surface area contributed by atoms with Gasteiger partial charge in [-0.1, -0.05) is 81.5 Å². The Kier molecular flexibility index (Phi) is 8.38. The summed E-state index contributed by atoms with van der Waals surface area (Å²) in [5, 5.41) is 0. The largest absolute Gasteiger partial charge is 0.340 e. The molecule has 1 aromatic carbocycles. The molecule has 2 amide bonds. The van der Waals surface area contributed by atoms with Crippen LogP contribution in [0.4, 0.5) is 0 Å². The first-order chi connectivity index (χ1) is 17.9. The highest BCUT2D eigenvalue weighted by Crippen LogP contribution is 2.59. The van der Waals surface area contributed by atoms with Crippen LogP contribution in [0.1, 0.15) is 70.8 Å². The average molecular weight is 506 g/mol. The van der Waals surface area contributed by atoms with Gasteiger partial charge in [-0.2, -0.15) is 0 Å². The standard InChI is InChI=1S/C32H47N3O2/c1-32(2)28-14-13-27(29(32)23-28)24-35(31(37)22-26-10-4-3-5-11-26)21-18-33-16-19-34(20-17-33)30(36)15-12-25-8-6-7-9-25/h3-5,10-11,13,25,28-29H,6-9,12,14-24H2,1-2H3. The lowest BCUT2D eigenvalue weighted by Crippen LogP contribution is -2.52. The number of allylic oxidation sites excluding steroid dienone is 1. The molecule has 0 N–H and O–H groups in total. The van der Waals surface area contributed by atoms with E-state index < -0.39 is 0 Å². The molecule has 2 bridgehead atoms. The summed E-state index contributed by atoms with van der Waals surface area (Å²) in [7, 11) is 0. The Morgan fingerprint density at radius 1 is 1.03 bits per heavy atom. The quantitative estimate of drug-likeness (QED) is 0.412. The van der Waals surface area contributed by atoms with Gasteiger partial charge in [-0.05, 0) is 48.0 Å². The number of piperazine rings is 1. The zero-order valence-corrected chi connectivity index (χ0v) is 23.2. The van der Waals surface area contributed by atoms with Gasteiger partial charge in [0.2, 0.25) is 11.8 Å². The first-order valence-electron chi connectivity index (χ1n) is 14.9. The molecule has 5 heteroatoms. The van der Waals surface area contributed by atoms with E-state index in [9.17, 15) is 9.59 Å². The van der Waals surface area contributed by atoms with Gasteiger partial charge in [0.1, 0.15) is 0 Å². The fourth-order valence-electron chi connectivity index (χ4n) is 7.32. The number of benzene rings is 1. The summed E-state index contributed by atoms with van der Waals surface area (Å²) >= 11 is 0. The molecule has 0 radical (unpaired) electrons. The van der Waals surface area contributed by atoms with Crippen LogP contribution in [-0.4, -0.2) is 72.3 Å². The minimum Gasteiger partial charge on any atom is -0.340 e. The molecular weight excluding hydrogens is 458 g/mol. The molecule has 0 spiro atoms. The molecule has 0 aromatic heterocycles. The summed E-state index contributed by atoms with van der Waals surface area (Å²) in [6.07, 6.45) is 12.5. The smallest absolute Gasteiger partial charge is 0.227 e. The van der Waals surface area contributed by atoms with E-state index in [1.54, 1.807) is 0 Å². The number of nitrogens with zero attached hydrogens (tertiary/aromatic N) is 3. The average Bonchev–Trinajstić information content (AvgIpc) is 3.44. The normalized spacial score (nSPS) is 25.5. The van der Waals surface area contributed by atoms with E-state index in [1.165, 1.54) is 37.7 Å². The summed E-state index contributed by atoms with van der Waals surface area (Å²) in [5.41, 5.74) is 2.94. The molecule has 1 saturated heterocycles. The van der Waals surface area contributed by atoms with Crippen molar-refractivity contribution in [1.29, 1.82) is 0 Å². The van der Waals surface area contributed by atoms with Crippen LogP contribution in [0.15, 0.2) is 42.0 Å². The van der Waals surface area contributed by atoms with Crippen molar-refractivity contribution in [3.05, 3.63) is 47.5 Å². The summed E-state index contributed by atoms with van der Waals surface area (Å²) in [6.45, 7) is 10.7. The molecule has 4 aliphatic carbocycles. The Morgan fingerprint density at radius 2 is 1.76 bits per heavy atom. The number of fused-ring (bicyclic) bond motifs is 1. The highest BCUT2D eigenvalue weighted by Gasteiger charge is 2.51. The van der Waals surface area contributed by atoms with Crippen LogP contribution < -0.4 is 0 Å². The van der Waals surface area contributed by atoms with Crippen LogP contribution in [-0.2, 0) is 16.0 Å². The maximum atomic E-state index is 13.5. The van der Waals surface area contributed by atoms with Gasteiger partial charge in [0, 0.05) is 52.2 Å². The van der Waals surface area contributed by atoms with E-state index in [0.717, 1.165) is 82.5 Å². The van der Waals surface area contributed by atoms with Crippen LogP contribution in [0.5, 0.6) is 0 Å². The van der Waals surface area contributed by atoms with Crippen LogP contribution in [0.3, 0.4) is 0 Å². The maximum absolute atomic E-state index is 13.5. The molecule has 3 fully saturated rings. The third-order valence-electron chi connectivity index (χ3n) is 10.2. The summed E-state index contributed by atoms with van der Waals surface area (Å²) < 4.78 is 0. The topological polar surface area (TPSA) is 43.9 Å². The maximum Gasteiger partial charge on any atom is 0.227 e. The number of carbonyl (C=O) groups excluding carboxylic acids is 2. The van der Waals surface area contributed by atoms with E-state index in [-0.39, 0.29) is 5.91 Å². The minimum absolute atomic E-state index is 0.229. The molecule has 2 saturated carbocycles. The van der Waals surface area contributed by atoms with Crippen LogP contribution in [0.2, 0.25) is 0 Å². The van der Waals surface area contributed by atoms with Gasteiger partial charge in [0.15, 0.2) is 0 Å². The van der Waals surface area contributed by atoms with E-state index in [0.29, 0.717) is 23.7 Å². The molecule has 1 aromatic rings. The third kappa shape index (κ3) is 6.30. The molecule has 5 aliphatic rings. The molecule has 202 valence electrons. The molecule has 2 atom stereocenters. The van der Waals surface area contributed by atoms with Crippen LogP contribution >= 0.6 is 0 Å². The molecular formula is C32H47N3O2. The lowest BCUT2D eigenvalue weighted by molar-refractivity contribution is -0.133. The summed E-state index contributed by atoms with van der Waals surface area (Å²) in [6, 6.07) is 10.1. The van der Waals surface area contributed by atoms with Gasteiger partial charge < -0.3 is 9.80 Å². The zero-order chi connectivity index (χ0) is 25.8. The van der Waals surface area contributed by atoms with Crippen molar-refractivity contribution in [2.75, 3.05) is 45.8 Å². The fraction of sp³-hybridized carbons (Fsp3) is 0.688. The Balaban J connectivity index is 1.13. The van der Waals surface area contributed by atoms with E-state index in [4.69, 9.17) is 0 Å². The number of hydrogen-bond acceptors (Lipinski definition) is 3. The Labute approximate surface area is 224 Å². The molecule has 5 nitrogen and oxygen atoms in total. The molecule has 1 aliphatic heterocycles. The van der Waals surface area contributed by atoms with Crippen molar-refractivity contribution in [3.8, 4) is 0 Å². The van der Waals surface area contributed by atoms with Gasteiger partial charge in [0.05, 0.1) is 6.42 Å². The van der Waals surface area contributed by atoms with Gasteiger partial charge in [-0.15, -0.1) is 0 Å². The Hall–Kier alpha value is -2.14. The van der Waals surface area contributed by atoms with Crippen LogP contribution in [0, 0.1) is 23.2 Å². The second-order valence-electron chi connectivity index (χ2n) is 12.7.